The predicted octanol–water partition coefficient (Wildman–Crippen LogP) is 1.44. The molecule has 1 atom stereocenters. The SMILES string of the molecule is Cc1cc(-c2sc(NC(N)=O)nc2C)nc(S(C)=O)n1. The summed E-state index contributed by atoms with van der Waals surface area (Å²) in [4.78, 5) is 24.2. The molecule has 0 aliphatic heterocycles. The van der Waals surface area contributed by atoms with Crippen LogP contribution in [0.15, 0.2) is 11.2 Å². The van der Waals surface area contributed by atoms with Crippen molar-refractivity contribution in [1.82, 2.24) is 15.0 Å². The summed E-state index contributed by atoms with van der Waals surface area (Å²) in [6.07, 6.45) is 1.53. The second-order valence-corrected chi connectivity index (χ2v) is 6.33. The number of aromatic nitrogens is 3. The Morgan fingerprint density at radius 1 is 1.35 bits per heavy atom. The van der Waals surface area contributed by atoms with E-state index in [2.05, 4.69) is 20.3 Å². The number of hydrogen-bond acceptors (Lipinski definition) is 6. The first-order chi connectivity index (χ1) is 9.36. The van der Waals surface area contributed by atoms with Crippen molar-refractivity contribution in [3.05, 3.63) is 17.5 Å². The minimum Gasteiger partial charge on any atom is -0.351 e. The van der Waals surface area contributed by atoms with Crippen LogP contribution in [-0.2, 0) is 10.8 Å². The van der Waals surface area contributed by atoms with E-state index in [1.54, 1.807) is 19.9 Å². The molecule has 7 nitrogen and oxygen atoms in total. The zero-order valence-electron chi connectivity index (χ0n) is 11.1. The molecule has 0 aliphatic rings. The zero-order valence-corrected chi connectivity index (χ0v) is 12.8. The van der Waals surface area contributed by atoms with Crippen LogP contribution in [-0.4, -0.2) is 31.4 Å². The van der Waals surface area contributed by atoms with E-state index in [-0.39, 0.29) is 5.16 Å². The number of thiazole rings is 1. The molecule has 2 amide bonds. The van der Waals surface area contributed by atoms with Crippen molar-refractivity contribution < 1.29 is 9.00 Å². The summed E-state index contributed by atoms with van der Waals surface area (Å²) >= 11 is 1.26. The van der Waals surface area contributed by atoms with Gasteiger partial charge in [0, 0.05) is 11.9 Å². The number of anilines is 1. The van der Waals surface area contributed by atoms with Gasteiger partial charge in [-0.15, -0.1) is 0 Å². The van der Waals surface area contributed by atoms with E-state index in [1.807, 2.05) is 0 Å². The molecule has 2 aromatic rings. The average Bonchev–Trinajstić information content (AvgIpc) is 2.68. The third-order valence-electron chi connectivity index (χ3n) is 2.35. The maximum Gasteiger partial charge on any atom is 0.318 e. The smallest absolute Gasteiger partial charge is 0.318 e. The third kappa shape index (κ3) is 3.17. The Morgan fingerprint density at radius 2 is 2.05 bits per heavy atom. The molecule has 1 unspecified atom stereocenters. The number of nitrogens with two attached hydrogens (primary N) is 1. The Hall–Kier alpha value is -1.87. The van der Waals surface area contributed by atoms with Crippen molar-refractivity contribution >= 4 is 33.3 Å². The molecule has 0 fully saturated rings. The lowest BCUT2D eigenvalue weighted by Gasteiger charge is -2.02. The highest BCUT2D eigenvalue weighted by Gasteiger charge is 2.14. The van der Waals surface area contributed by atoms with E-state index >= 15 is 0 Å². The van der Waals surface area contributed by atoms with E-state index in [1.165, 1.54) is 17.6 Å². The van der Waals surface area contributed by atoms with Gasteiger partial charge in [0.05, 0.1) is 27.1 Å². The van der Waals surface area contributed by atoms with E-state index in [4.69, 9.17) is 5.73 Å². The van der Waals surface area contributed by atoms with Gasteiger partial charge >= 0.3 is 6.03 Å². The minimum atomic E-state index is -1.26. The first kappa shape index (κ1) is 14.5. The van der Waals surface area contributed by atoms with Crippen molar-refractivity contribution in [2.24, 2.45) is 5.73 Å². The Morgan fingerprint density at radius 3 is 2.65 bits per heavy atom. The second kappa shape index (κ2) is 5.63. The van der Waals surface area contributed by atoms with Gasteiger partial charge in [-0.3, -0.25) is 9.53 Å². The molecule has 2 aromatic heterocycles. The molecule has 0 saturated heterocycles. The molecule has 0 spiro atoms. The molecule has 3 N–H and O–H groups in total. The van der Waals surface area contributed by atoms with Crippen molar-refractivity contribution in [3.8, 4) is 10.6 Å². The lowest BCUT2D eigenvalue weighted by atomic mass is 10.2. The summed E-state index contributed by atoms with van der Waals surface area (Å²) in [5, 5.41) is 3.11. The third-order valence-corrected chi connectivity index (χ3v) is 4.14. The number of aryl methyl sites for hydroxylation is 2. The first-order valence-electron chi connectivity index (χ1n) is 5.60. The fourth-order valence-electron chi connectivity index (χ4n) is 1.58. The molecule has 0 bridgehead atoms. The van der Waals surface area contributed by atoms with Gasteiger partial charge in [-0.05, 0) is 19.9 Å². The quantitative estimate of drug-likeness (QED) is 0.833. The van der Waals surface area contributed by atoms with Crippen LogP contribution in [0.25, 0.3) is 10.6 Å². The molecule has 0 aliphatic carbocycles. The number of amides is 2. The molecular weight excluding hydrogens is 298 g/mol. The van der Waals surface area contributed by atoms with Gasteiger partial charge in [0.2, 0.25) is 5.16 Å². The summed E-state index contributed by atoms with van der Waals surface area (Å²) in [6, 6.07) is 1.12. The number of carbonyl (C=O) groups excluding carboxylic acids is 1. The Labute approximate surface area is 122 Å². The number of urea groups is 1. The van der Waals surface area contributed by atoms with Gasteiger partial charge < -0.3 is 5.73 Å². The van der Waals surface area contributed by atoms with Crippen LogP contribution < -0.4 is 11.1 Å². The fourth-order valence-corrected chi connectivity index (χ4v) is 3.01. The minimum absolute atomic E-state index is 0.275. The molecule has 20 heavy (non-hydrogen) atoms. The van der Waals surface area contributed by atoms with Gasteiger partial charge in [0.1, 0.15) is 0 Å². The van der Waals surface area contributed by atoms with Gasteiger partial charge in [-0.25, -0.2) is 19.7 Å². The lowest BCUT2D eigenvalue weighted by Crippen LogP contribution is -2.18. The van der Waals surface area contributed by atoms with Crippen LogP contribution in [0.5, 0.6) is 0 Å². The number of primary amides is 1. The zero-order chi connectivity index (χ0) is 14.9. The largest absolute Gasteiger partial charge is 0.351 e. The Bertz CT molecular complexity index is 698. The van der Waals surface area contributed by atoms with Gasteiger partial charge in [0.25, 0.3) is 0 Å². The molecule has 0 aromatic carbocycles. The highest BCUT2D eigenvalue weighted by atomic mass is 32.2. The first-order valence-corrected chi connectivity index (χ1v) is 7.97. The molecular formula is C11H13N5O2S2. The van der Waals surface area contributed by atoms with Crippen molar-refractivity contribution in [2.75, 3.05) is 11.6 Å². The predicted molar refractivity (Wildman–Crippen MR) is 78.2 cm³/mol. The number of carbonyl (C=O) groups is 1. The van der Waals surface area contributed by atoms with Crippen LogP contribution in [0.3, 0.4) is 0 Å². The monoisotopic (exact) mass is 311 g/mol. The van der Waals surface area contributed by atoms with Crippen molar-refractivity contribution in [3.63, 3.8) is 0 Å². The Balaban J connectivity index is 2.48. The fraction of sp³-hybridized carbons (Fsp3) is 0.273. The van der Waals surface area contributed by atoms with Crippen LogP contribution in [0.2, 0.25) is 0 Å². The number of rotatable bonds is 3. The van der Waals surface area contributed by atoms with Crippen LogP contribution in [0, 0.1) is 13.8 Å². The van der Waals surface area contributed by atoms with Gasteiger partial charge in [-0.1, -0.05) is 11.3 Å². The summed E-state index contributed by atoms with van der Waals surface area (Å²) < 4.78 is 11.5. The highest BCUT2D eigenvalue weighted by molar-refractivity contribution is 7.84. The summed E-state index contributed by atoms with van der Waals surface area (Å²) in [6.45, 7) is 3.61. The van der Waals surface area contributed by atoms with Crippen molar-refractivity contribution in [1.29, 1.82) is 0 Å². The van der Waals surface area contributed by atoms with Crippen LogP contribution >= 0.6 is 11.3 Å². The van der Waals surface area contributed by atoms with E-state index in [9.17, 15) is 9.00 Å². The number of nitrogens with one attached hydrogen (secondary N) is 1. The van der Waals surface area contributed by atoms with E-state index < -0.39 is 16.8 Å². The molecule has 106 valence electrons. The molecule has 0 radical (unpaired) electrons. The topological polar surface area (TPSA) is 111 Å². The summed E-state index contributed by atoms with van der Waals surface area (Å²) in [7, 11) is -1.26. The second-order valence-electron chi connectivity index (χ2n) is 4.05. The Kier molecular flexibility index (Phi) is 4.09. The number of hydrogen-bond donors (Lipinski definition) is 2. The number of nitrogens with zero attached hydrogens (tertiary/aromatic N) is 3. The van der Waals surface area contributed by atoms with Gasteiger partial charge in [-0.2, -0.15) is 0 Å². The summed E-state index contributed by atoms with van der Waals surface area (Å²) in [5.74, 6) is 0. The highest BCUT2D eigenvalue weighted by Crippen LogP contribution is 2.31. The van der Waals surface area contributed by atoms with Crippen LogP contribution in [0.1, 0.15) is 11.4 Å². The average molecular weight is 311 g/mol. The molecule has 9 heteroatoms. The standard InChI is InChI=1S/C11H13N5O2S2/c1-5-4-7(15-11(13-5)20(3)18)8-6(2)14-10(19-8)16-9(12)17/h4H,1-3H3,(H3,12,14,16,17). The van der Waals surface area contributed by atoms with Gasteiger partial charge in [0.15, 0.2) is 5.13 Å². The van der Waals surface area contributed by atoms with E-state index in [0.717, 1.165) is 10.6 Å². The maximum atomic E-state index is 11.5. The molecule has 2 rings (SSSR count). The summed E-state index contributed by atoms with van der Waals surface area (Å²) in [5.41, 5.74) is 7.13. The lowest BCUT2D eigenvalue weighted by molar-refractivity contribution is 0.259. The molecule has 2 heterocycles. The van der Waals surface area contributed by atoms with E-state index in [0.29, 0.717) is 16.5 Å². The van der Waals surface area contributed by atoms with Crippen molar-refractivity contribution in [2.45, 2.75) is 19.0 Å². The molecule has 0 saturated carbocycles. The maximum absolute atomic E-state index is 11.5. The normalized spacial score (nSPS) is 12.2. The van der Waals surface area contributed by atoms with Crippen LogP contribution in [0.4, 0.5) is 9.93 Å².